The van der Waals surface area contributed by atoms with Crippen LogP contribution in [0.15, 0.2) is 24.3 Å². The summed E-state index contributed by atoms with van der Waals surface area (Å²) in [5.41, 5.74) is 1.02. The average Bonchev–Trinajstić information content (AvgIpc) is 2.97. The largest absolute Gasteiger partial charge is 0.375 e. The molecule has 1 aromatic rings. The molecular weight excluding hydrogens is 271 g/mol. The van der Waals surface area contributed by atoms with Gasteiger partial charge in [-0.3, -0.25) is 9.69 Å². The Balaban J connectivity index is 1.53. The highest BCUT2D eigenvalue weighted by Gasteiger charge is 2.41. The predicted molar refractivity (Wildman–Crippen MR) is 77.1 cm³/mol. The van der Waals surface area contributed by atoms with Gasteiger partial charge in [0, 0.05) is 39.8 Å². The molecule has 0 N–H and O–H groups in total. The highest BCUT2D eigenvalue weighted by atomic mass is 19.1. The van der Waals surface area contributed by atoms with Crippen molar-refractivity contribution in [3.8, 4) is 0 Å². The molecule has 4 nitrogen and oxygen atoms in total. The first-order valence-corrected chi connectivity index (χ1v) is 7.39. The van der Waals surface area contributed by atoms with E-state index in [1.165, 1.54) is 6.07 Å². The van der Waals surface area contributed by atoms with Gasteiger partial charge < -0.3 is 9.64 Å². The number of rotatable bonds is 4. The molecule has 0 saturated carbocycles. The number of methoxy groups -OCH3 is 1. The summed E-state index contributed by atoms with van der Waals surface area (Å²) in [6.45, 7) is 4.58. The van der Waals surface area contributed by atoms with Crippen LogP contribution in [0.25, 0.3) is 0 Å². The number of ether oxygens (including phenoxy) is 1. The number of benzene rings is 1. The number of likely N-dealkylation sites (tertiary alicyclic amines) is 2. The van der Waals surface area contributed by atoms with Gasteiger partial charge in [0.1, 0.15) is 12.4 Å². The zero-order valence-electron chi connectivity index (χ0n) is 12.3. The number of carbonyl (C=O) groups excluding carboxylic acids is 1. The Morgan fingerprint density at radius 3 is 2.62 bits per heavy atom. The summed E-state index contributed by atoms with van der Waals surface area (Å²) in [5.74, 6) is 0.991. The lowest BCUT2D eigenvalue weighted by molar-refractivity contribution is -0.134. The summed E-state index contributed by atoms with van der Waals surface area (Å²) in [5, 5.41) is 0. The summed E-state index contributed by atoms with van der Waals surface area (Å²) in [6, 6.07) is 6.79. The SMILES string of the molecule is COCC(=O)N1C[C@H]2CN(Cc3cccc(F)c3)C[C@@H]2C1. The molecule has 0 unspecified atom stereocenters. The monoisotopic (exact) mass is 292 g/mol. The third-order valence-corrected chi connectivity index (χ3v) is 4.48. The van der Waals surface area contributed by atoms with Crippen LogP contribution in [-0.4, -0.2) is 55.6 Å². The van der Waals surface area contributed by atoms with E-state index >= 15 is 0 Å². The summed E-state index contributed by atoms with van der Waals surface area (Å²) in [4.78, 5) is 16.1. The minimum atomic E-state index is -0.178. The van der Waals surface area contributed by atoms with E-state index in [-0.39, 0.29) is 18.3 Å². The number of amides is 1. The maximum absolute atomic E-state index is 13.2. The molecule has 2 aliphatic heterocycles. The molecule has 2 aliphatic rings. The second kappa shape index (κ2) is 6.12. The van der Waals surface area contributed by atoms with Gasteiger partial charge in [-0.2, -0.15) is 0 Å². The third kappa shape index (κ3) is 3.24. The van der Waals surface area contributed by atoms with Crippen LogP contribution in [0.5, 0.6) is 0 Å². The Kier molecular flexibility index (Phi) is 4.22. The van der Waals surface area contributed by atoms with Crippen LogP contribution in [-0.2, 0) is 16.1 Å². The Morgan fingerprint density at radius 1 is 1.29 bits per heavy atom. The summed E-state index contributed by atoms with van der Waals surface area (Å²) in [6.07, 6.45) is 0. The maximum atomic E-state index is 13.2. The minimum absolute atomic E-state index is 0.0866. The molecule has 2 heterocycles. The van der Waals surface area contributed by atoms with Crippen LogP contribution in [0.2, 0.25) is 0 Å². The fourth-order valence-electron chi connectivity index (χ4n) is 3.53. The van der Waals surface area contributed by atoms with Crippen molar-refractivity contribution in [3.63, 3.8) is 0 Å². The maximum Gasteiger partial charge on any atom is 0.248 e. The van der Waals surface area contributed by atoms with E-state index in [0.29, 0.717) is 11.8 Å². The number of fused-ring (bicyclic) bond motifs is 1. The lowest BCUT2D eigenvalue weighted by atomic mass is 10.0. The first-order valence-electron chi connectivity index (χ1n) is 7.39. The van der Waals surface area contributed by atoms with Crippen LogP contribution in [0.4, 0.5) is 4.39 Å². The first-order chi connectivity index (χ1) is 10.2. The number of halogens is 1. The van der Waals surface area contributed by atoms with Crippen LogP contribution in [0, 0.1) is 17.7 Å². The molecule has 0 spiro atoms. The minimum Gasteiger partial charge on any atom is -0.375 e. The Morgan fingerprint density at radius 2 is 2.00 bits per heavy atom. The molecule has 5 heteroatoms. The molecule has 114 valence electrons. The van der Waals surface area contributed by atoms with E-state index in [4.69, 9.17) is 4.74 Å². The molecule has 0 bridgehead atoms. The lowest BCUT2D eigenvalue weighted by Crippen LogP contribution is -2.35. The molecule has 0 aliphatic carbocycles. The Labute approximate surface area is 124 Å². The highest BCUT2D eigenvalue weighted by Crippen LogP contribution is 2.31. The van der Waals surface area contributed by atoms with Crippen molar-refractivity contribution < 1.29 is 13.9 Å². The van der Waals surface area contributed by atoms with Gasteiger partial charge in [-0.25, -0.2) is 4.39 Å². The lowest BCUT2D eigenvalue weighted by Gasteiger charge is -2.21. The van der Waals surface area contributed by atoms with Crippen molar-refractivity contribution in [2.75, 3.05) is 39.9 Å². The Hall–Kier alpha value is -1.46. The van der Waals surface area contributed by atoms with Gasteiger partial charge in [-0.1, -0.05) is 12.1 Å². The molecule has 0 radical (unpaired) electrons. The van der Waals surface area contributed by atoms with Crippen LogP contribution in [0.3, 0.4) is 0 Å². The fourth-order valence-corrected chi connectivity index (χ4v) is 3.53. The molecular formula is C16H21FN2O2. The van der Waals surface area contributed by atoms with Gasteiger partial charge in [0.15, 0.2) is 0 Å². The van der Waals surface area contributed by atoms with Gasteiger partial charge in [0.25, 0.3) is 0 Å². The average molecular weight is 292 g/mol. The Bertz CT molecular complexity index is 509. The standard InChI is InChI=1S/C16H21FN2O2/c1-21-11-16(20)19-9-13-7-18(8-14(13)10-19)6-12-3-2-4-15(17)5-12/h2-5,13-14H,6-11H2,1H3/t13-,14-/m1/s1. The highest BCUT2D eigenvalue weighted by molar-refractivity contribution is 5.77. The van der Waals surface area contributed by atoms with Gasteiger partial charge >= 0.3 is 0 Å². The van der Waals surface area contributed by atoms with E-state index in [9.17, 15) is 9.18 Å². The zero-order valence-corrected chi connectivity index (χ0v) is 12.3. The van der Waals surface area contributed by atoms with Crippen LogP contribution >= 0.6 is 0 Å². The first kappa shape index (κ1) is 14.5. The van der Waals surface area contributed by atoms with E-state index < -0.39 is 0 Å². The van der Waals surface area contributed by atoms with Crippen LogP contribution < -0.4 is 0 Å². The predicted octanol–water partition coefficient (Wildman–Crippen LogP) is 1.36. The van der Waals surface area contributed by atoms with E-state index in [1.54, 1.807) is 19.2 Å². The molecule has 21 heavy (non-hydrogen) atoms. The van der Waals surface area contributed by atoms with Gasteiger partial charge in [0.05, 0.1) is 0 Å². The number of hydrogen-bond donors (Lipinski definition) is 0. The zero-order chi connectivity index (χ0) is 14.8. The summed E-state index contributed by atoms with van der Waals surface area (Å²) < 4.78 is 18.1. The van der Waals surface area contributed by atoms with E-state index in [0.717, 1.165) is 38.3 Å². The number of hydrogen-bond acceptors (Lipinski definition) is 3. The van der Waals surface area contributed by atoms with Gasteiger partial charge in [-0.05, 0) is 29.5 Å². The van der Waals surface area contributed by atoms with Crippen LogP contribution in [0.1, 0.15) is 5.56 Å². The summed E-state index contributed by atoms with van der Waals surface area (Å²) in [7, 11) is 1.55. The van der Waals surface area contributed by atoms with Gasteiger partial charge in [-0.15, -0.1) is 0 Å². The number of nitrogens with zero attached hydrogens (tertiary/aromatic N) is 2. The fraction of sp³-hybridized carbons (Fsp3) is 0.562. The quantitative estimate of drug-likeness (QED) is 0.840. The smallest absolute Gasteiger partial charge is 0.248 e. The molecule has 1 amide bonds. The van der Waals surface area contributed by atoms with Crippen molar-refractivity contribution in [2.24, 2.45) is 11.8 Å². The molecule has 1 aromatic carbocycles. The molecule has 2 atom stereocenters. The van der Waals surface area contributed by atoms with Crippen molar-refractivity contribution in [2.45, 2.75) is 6.54 Å². The second-order valence-electron chi connectivity index (χ2n) is 6.08. The molecule has 2 saturated heterocycles. The summed E-state index contributed by atoms with van der Waals surface area (Å²) >= 11 is 0. The molecule has 3 rings (SSSR count). The number of carbonyl (C=O) groups is 1. The van der Waals surface area contributed by atoms with Crippen molar-refractivity contribution in [1.82, 2.24) is 9.80 Å². The van der Waals surface area contributed by atoms with Crippen molar-refractivity contribution in [3.05, 3.63) is 35.6 Å². The normalized spacial score (nSPS) is 25.3. The van der Waals surface area contributed by atoms with Gasteiger partial charge in [0.2, 0.25) is 5.91 Å². The molecule has 2 fully saturated rings. The van der Waals surface area contributed by atoms with E-state index in [2.05, 4.69) is 4.90 Å². The van der Waals surface area contributed by atoms with E-state index in [1.807, 2.05) is 11.0 Å². The van der Waals surface area contributed by atoms with Crippen molar-refractivity contribution >= 4 is 5.91 Å². The topological polar surface area (TPSA) is 32.8 Å². The van der Waals surface area contributed by atoms with Crippen molar-refractivity contribution in [1.29, 1.82) is 0 Å². The second-order valence-corrected chi connectivity index (χ2v) is 6.08. The molecule has 0 aromatic heterocycles. The third-order valence-electron chi connectivity index (χ3n) is 4.48.